The third-order valence-electron chi connectivity index (χ3n) is 3.30. The van der Waals surface area contributed by atoms with Gasteiger partial charge in [-0.25, -0.2) is 13.4 Å². The van der Waals surface area contributed by atoms with E-state index >= 15 is 0 Å². The molecule has 2 heterocycles. The molecule has 0 atom stereocenters. The largest absolute Gasteiger partial charge is 0.383 e. The van der Waals surface area contributed by atoms with Crippen LogP contribution in [0.25, 0.3) is 0 Å². The molecule has 0 bridgehead atoms. The summed E-state index contributed by atoms with van der Waals surface area (Å²) in [5.41, 5.74) is 0. The van der Waals surface area contributed by atoms with Crippen LogP contribution >= 0.6 is 11.3 Å². The summed E-state index contributed by atoms with van der Waals surface area (Å²) in [4.78, 5) is 7.75. The summed E-state index contributed by atoms with van der Waals surface area (Å²) in [6.07, 6.45) is 3.14. The summed E-state index contributed by atoms with van der Waals surface area (Å²) in [6.45, 7) is 4.73. The van der Waals surface area contributed by atoms with Crippen molar-refractivity contribution in [2.45, 2.75) is 6.54 Å². The first-order valence-electron chi connectivity index (χ1n) is 6.85. The van der Waals surface area contributed by atoms with Gasteiger partial charge < -0.3 is 15.0 Å². The van der Waals surface area contributed by atoms with E-state index < -0.39 is 10.0 Å². The van der Waals surface area contributed by atoms with E-state index in [0.29, 0.717) is 32.8 Å². The van der Waals surface area contributed by atoms with Gasteiger partial charge in [0.15, 0.2) is 5.13 Å². The summed E-state index contributed by atoms with van der Waals surface area (Å²) >= 11 is 1.65. The molecular formula is C12H22N4O3S2. The Morgan fingerprint density at radius 3 is 2.71 bits per heavy atom. The van der Waals surface area contributed by atoms with Crippen LogP contribution in [0.3, 0.4) is 0 Å². The van der Waals surface area contributed by atoms with Gasteiger partial charge in [0.05, 0.1) is 12.9 Å². The Kier molecular flexibility index (Phi) is 5.94. The third kappa shape index (κ3) is 4.89. The fraction of sp³-hybridized carbons (Fsp3) is 0.750. The molecule has 7 nitrogen and oxygen atoms in total. The molecule has 0 saturated carbocycles. The summed E-state index contributed by atoms with van der Waals surface area (Å²) in [5, 5.41) is 4.25. The molecule has 0 unspecified atom stereocenters. The highest BCUT2D eigenvalue weighted by Gasteiger charge is 2.24. The number of hydrogen-bond donors (Lipinski definition) is 1. The average Bonchev–Trinajstić information content (AvgIpc) is 2.92. The minimum absolute atomic E-state index is 0.528. The quantitative estimate of drug-likeness (QED) is 0.706. The molecule has 1 N–H and O–H groups in total. The van der Waals surface area contributed by atoms with E-state index in [1.54, 1.807) is 18.4 Å². The van der Waals surface area contributed by atoms with Crippen LogP contribution in [0.5, 0.6) is 0 Å². The Bertz CT molecular complexity index is 538. The van der Waals surface area contributed by atoms with Crippen molar-refractivity contribution in [2.24, 2.45) is 0 Å². The van der Waals surface area contributed by atoms with Crippen LogP contribution in [0, 0.1) is 0 Å². The lowest BCUT2D eigenvalue weighted by molar-refractivity contribution is 0.199. The van der Waals surface area contributed by atoms with E-state index in [4.69, 9.17) is 4.74 Å². The second kappa shape index (κ2) is 7.50. The number of ether oxygens (including phenoxy) is 1. The molecule has 9 heteroatoms. The van der Waals surface area contributed by atoms with Crippen LogP contribution in [-0.4, -0.2) is 70.4 Å². The number of piperazine rings is 1. The van der Waals surface area contributed by atoms with Gasteiger partial charge in [-0.05, 0) is 0 Å². The standard InChI is InChI=1S/C12H22N4O3S2/c1-19-8-3-13-9-11-10-14-12(20-11)15-4-6-16(7-5-15)21(2,17)18/h10,13H,3-9H2,1-2H3. The molecule has 1 aromatic rings. The van der Waals surface area contributed by atoms with Crippen molar-refractivity contribution in [3.63, 3.8) is 0 Å². The molecule has 2 rings (SSSR count). The molecule has 120 valence electrons. The highest BCUT2D eigenvalue weighted by Crippen LogP contribution is 2.23. The second-order valence-electron chi connectivity index (χ2n) is 4.93. The van der Waals surface area contributed by atoms with Gasteiger partial charge in [0.25, 0.3) is 0 Å². The smallest absolute Gasteiger partial charge is 0.211 e. The zero-order chi connectivity index (χ0) is 15.3. The molecule has 0 radical (unpaired) electrons. The van der Waals surface area contributed by atoms with E-state index in [1.165, 1.54) is 15.4 Å². The zero-order valence-corrected chi connectivity index (χ0v) is 14.0. The van der Waals surface area contributed by atoms with Gasteiger partial charge in [0.1, 0.15) is 0 Å². The lowest BCUT2D eigenvalue weighted by Crippen LogP contribution is -2.48. The number of rotatable bonds is 7. The molecule has 0 amide bonds. The van der Waals surface area contributed by atoms with E-state index in [9.17, 15) is 8.42 Å². The number of aromatic nitrogens is 1. The Morgan fingerprint density at radius 2 is 2.10 bits per heavy atom. The SMILES string of the molecule is COCCNCc1cnc(N2CCN(S(C)(=O)=O)CC2)s1. The fourth-order valence-corrected chi connectivity index (χ4v) is 3.88. The second-order valence-corrected chi connectivity index (χ2v) is 8.00. The third-order valence-corrected chi connectivity index (χ3v) is 5.66. The molecule has 1 aliphatic heterocycles. The number of anilines is 1. The molecule has 0 aliphatic carbocycles. The van der Waals surface area contributed by atoms with Crippen molar-refractivity contribution in [1.82, 2.24) is 14.6 Å². The van der Waals surface area contributed by atoms with Crippen molar-refractivity contribution in [3.05, 3.63) is 11.1 Å². The first-order valence-corrected chi connectivity index (χ1v) is 9.51. The molecule has 1 saturated heterocycles. The summed E-state index contributed by atoms with van der Waals surface area (Å²) < 4.78 is 29.5. The van der Waals surface area contributed by atoms with E-state index in [-0.39, 0.29) is 0 Å². The Labute approximate surface area is 130 Å². The first kappa shape index (κ1) is 16.6. The number of nitrogens with one attached hydrogen (secondary N) is 1. The minimum atomic E-state index is -3.08. The van der Waals surface area contributed by atoms with E-state index in [1.807, 2.05) is 6.20 Å². The maximum atomic E-state index is 11.5. The topological polar surface area (TPSA) is 74.8 Å². The normalized spacial score (nSPS) is 17.3. The lowest BCUT2D eigenvalue weighted by Gasteiger charge is -2.32. The maximum absolute atomic E-state index is 11.5. The van der Waals surface area contributed by atoms with Crippen molar-refractivity contribution >= 4 is 26.5 Å². The van der Waals surface area contributed by atoms with Gasteiger partial charge in [-0.3, -0.25) is 0 Å². The van der Waals surface area contributed by atoms with Gasteiger partial charge in [-0.15, -0.1) is 11.3 Å². The number of methoxy groups -OCH3 is 1. The highest BCUT2D eigenvalue weighted by atomic mass is 32.2. The molecular weight excluding hydrogens is 312 g/mol. The van der Waals surface area contributed by atoms with Crippen LogP contribution in [0.1, 0.15) is 4.88 Å². The van der Waals surface area contributed by atoms with E-state index in [0.717, 1.165) is 18.2 Å². The molecule has 21 heavy (non-hydrogen) atoms. The van der Waals surface area contributed by atoms with Crippen molar-refractivity contribution in [3.8, 4) is 0 Å². The number of sulfonamides is 1. The van der Waals surface area contributed by atoms with Crippen LogP contribution in [-0.2, 0) is 21.3 Å². The van der Waals surface area contributed by atoms with E-state index in [2.05, 4.69) is 15.2 Å². The van der Waals surface area contributed by atoms with Gasteiger partial charge in [-0.1, -0.05) is 0 Å². The summed E-state index contributed by atoms with van der Waals surface area (Å²) in [6, 6.07) is 0. The number of hydrogen-bond acceptors (Lipinski definition) is 7. The van der Waals surface area contributed by atoms with Crippen LogP contribution in [0.15, 0.2) is 6.20 Å². The van der Waals surface area contributed by atoms with Crippen molar-refractivity contribution in [1.29, 1.82) is 0 Å². The molecule has 0 spiro atoms. The van der Waals surface area contributed by atoms with Crippen LogP contribution < -0.4 is 10.2 Å². The highest BCUT2D eigenvalue weighted by molar-refractivity contribution is 7.88. The summed E-state index contributed by atoms with van der Waals surface area (Å²) in [5.74, 6) is 0. The first-order chi connectivity index (χ1) is 10.0. The Morgan fingerprint density at radius 1 is 1.38 bits per heavy atom. The zero-order valence-electron chi connectivity index (χ0n) is 12.4. The number of nitrogens with zero attached hydrogens (tertiary/aromatic N) is 3. The van der Waals surface area contributed by atoms with Crippen LogP contribution in [0.2, 0.25) is 0 Å². The molecule has 1 fully saturated rings. The molecule has 1 aromatic heterocycles. The fourth-order valence-electron chi connectivity index (χ4n) is 2.12. The predicted molar refractivity (Wildman–Crippen MR) is 84.3 cm³/mol. The molecule has 1 aliphatic rings. The average molecular weight is 334 g/mol. The Hall–Kier alpha value is -0.740. The van der Waals surface area contributed by atoms with Crippen LogP contribution in [0.4, 0.5) is 5.13 Å². The monoisotopic (exact) mass is 334 g/mol. The summed E-state index contributed by atoms with van der Waals surface area (Å²) in [7, 11) is -1.39. The van der Waals surface area contributed by atoms with Gasteiger partial charge in [0.2, 0.25) is 10.0 Å². The predicted octanol–water partition coefficient (Wildman–Crippen LogP) is -0.0393. The van der Waals surface area contributed by atoms with Gasteiger partial charge in [0, 0.05) is 57.5 Å². The lowest BCUT2D eigenvalue weighted by atomic mass is 10.4. The Balaban J connectivity index is 1.82. The maximum Gasteiger partial charge on any atom is 0.211 e. The van der Waals surface area contributed by atoms with Crippen molar-refractivity contribution < 1.29 is 13.2 Å². The number of thiazole rings is 1. The van der Waals surface area contributed by atoms with Gasteiger partial charge >= 0.3 is 0 Å². The van der Waals surface area contributed by atoms with Gasteiger partial charge in [-0.2, -0.15) is 4.31 Å². The van der Waals surface area contributed by atoms with Crippen molar-refractivity contribution in [2.75, 3.05) is 57.6 Å². The molecule has 0 aromatic carbocycles. The minimum Gasteiger partial charge on any atom is -0.383 e.